The molecule has 2 nitrogen and oxygen atoms in total. The van der Waals surface area contributed by atoms with Crippen molar-refractivity contribution < 1.29 is 9.53 Å². The molecular weight excluding hydrogens is 248 g/mol. The highest BCUT2D eigenvalue weighted by Gasteiger charge is 2.08. The molecule has 0 aromatic heterocycles. The maximum absolute atomic E-state index is 12.2. The van der Waals surface area contributed by atoms with Gasteiger partial charge in [-0.05, 0) is 49.1 Å². The highest BCUT2D eigenvalue weighted by Crippen LogP contribution is 2.18. The molecule has 0 aliphatic heterocycles. The lowest BCUT2D eigenvalue weighted by Crippen LogP contribution is -2.03. The number of rotatable bonds is 5. The van der Waals surface area contributed by atoms with Crippen molar-refractivity contribution in [2.24, 2.45) is 0 Å². The first-order valence-corrected chi connectivity index (χ1v) is 6.84. The van der Waals surface area contributed by atoms with E-state index in [0.717, 1.165) is 17.7 Å². The molecule has 0 spiro atoms. The minimum Gasteiger partial charge on any atom is -0.497 e. The average molecular weight is 268 g/mol. The molecule has 2 heteroatoms. The number of ketones is 1. The van der Waals surface area contributed by atoms with Crippen molar-refractivity contribution in [1.82, 2.24) is 0 Å². The van der Waals surface area contributed by atoms with Crippen LogP contribution >= 0.6 is 0 Å². The number of carbonyl (C=O) groups excluding carboxylic acids is 1. The Morgan fingerprint density at radius 2 is 1.85 bits per heavy atom. The van der Waals surface area contributed by atoms with E-state index in [9.17, 15) is 4.79 Å². The van der Waals surface area contributed by atoms with E-state index in [1.165, 1.54) is 16.7 Å². The summed E-state index contributed by atoms with van der Waals surface area (Å²) in [6.07, 6.45) is 1.31. The van der Waals surface area contributed by atoms with E-state index in [-0.39, 0.29) is 5.78 Å². The first kappa shape index (κ1) is 14.3. The van der Waals surface area contributed by atoms with Crippen LogP contribution in [0.2, 0.25) is 0 Å². The molecule has 0 aliphatic rings. The molecule has 0 fully saturated rings. The predicted molar refractivity (Wildman–Crippen MR) is 81.6 cm³/mol. The van der Waals surface area contributed by atoms with Crippen molar-refractivity contribution in [3.63, 3.8) is 0 Å². The first-order chi connectivity index (χ1) is 9.61. The summed E-state index contributed by atoms with van der Waals surface area (Å²) in [6.45, 7) is 4.21. The van der Waals surface area contributed by atoms with Gasteiger partial charge in [0.1, 0.15) is 5.75 Å². The van der Waals surface area contributed by atoms with Crippen LogP contribution in [0, 0.1) is 13.8 Å². The molecule has 2 aromatic rings. The summed E-state index contributed by atoms with van der Waals surface area (Å²) in [5.41, 5.74) is 4.53. The number of carbonyl (C=O) groups is 1. The summed E-state index contributed by atoms with van der Waals surface area (Å²) in [4.78, 5) is 12.2. The van der Waals surface area contributed by atoms with Crippen LogP contribution in [0.1, 0.15) is 33.5 Å². The quantitative estimate of drug-likeness (QED) is 0.762. The predicted octanol–water partition coefficient (Wildman–Crippen LogP) is 4.13. The average Bonchev–Trinajstić information content (AvgIpc) is 2.48. The minimum atomic E-state index is 0.157. The zero-order valence-electron chi connectivity index (χ0n) is 12.3. The number of benzene rings is 2. The van der Waals surface area contributed by atoms with Crippen molar-refractivity contribution in [3.05, 3.63) is 64.7 Å². The maximum Gasteiger partial charge on any atom is 0.163 e. The van der Waals surface area contributed by atoms with Crippen LogP contribution in [0.4, 0.5) is 0 Å². The van der Waals surface area contributed by atoms with Crippen molar-refractivity contribution in [2.75, 3.05) is 7.11 Å². The number of methoxy groups -OCH3 is 1. The lowest BCUT2D eigenvalue weighted by Gasteiger charge is -2.08. The molecule has 0 saturated carbocycles. The van der Waals surface area contributed by atoms with E-state index in [0.29, 0.717) is 6.42 Å². The van der Waals surface area contributed by atoms with Gasteiger partial charge in [-0.15, -0.1) is 0 Å². The van der Waals surface area contributed by atoms with Crippen LogP contribution in [-0.4, -0.2) is 12.9 Å². The molecule has 2 rings (SSSR count). The molecule has 0 bridgehead atoms. The summed E-state index contributed by atoms with van der Waals surface area (Å²) in [5, 5.41) is 0. The maximum atomic E-state index is 12.2. The second-order valence-corrected chi connectivity index (χ2v) is 5.01. The molecule has 104 valence electrons. The Morgan fingerprint density at radius 3 is 2.60 bits per heavy atom. The van der Waals surface area contributed by atoms with E-state index in [1.807, 2.05) is 24.3 Å². The number of aryl methyl sites for hydroxylation is 2. The second-order valence-electron chi connectivity index (χ2n) is 5.01. The van der Waals surface area contributed by atoms with Gasteiger partial charge in [-0.1, -0.05) is 30.3 Å². The van der Waals surface area contributed by atoms with Gasteiger partial charge >= 0.3 is 0 Å². The van der Waals surface area contributed by atoms with Crippen LogP contribution in [0.3, 0.4) is 0 Å². The van der Waals surface area contributed by atoms with Crippen molar-refractivity contribution in [3.8, 4) is 5.75 Å². The minimum absolute atomic E-state index is 0.157. The van der Waals surface area contributed by atoms with Gasteiger partial charge in [0.25, 0.3) is 0 Å². The summed E-state index contributed by atoms with van der Waals surface area (Å²) < 4.78 is 5.15. The molecule has 20 heavy (non-hydrogen) atoms. The molecule has 0 unspecified atom stereocenters. The van der Waals surface area contributed by atoms with E-state index < -0.39 is 0 Å². The van der Waals surface area contributed by atoms with Crippen LogP contribution in [0.15, 0.2) is 42.5 Å². The standard InChI is InChI=1S/C18H20O2/c1-13-6-4-7-15(14(13)2)10-11-18(19)16-8-5-9-17(12-16)20-3/h4-9,12H,10-11H2,1-3H3. The highest BCUT2D eigenvalue weighted by atomic mass is 16.5. The molecule has 2 aromatic carbocycles. The van der Waals surface area contributed by atoms with Gasteiger partial charge in [-0.2, -0.15) is 0 Å². The number of ether oxygens (including phenoxy) is 1. The topological polar surface area (TPSA) is 26.3 Å². The smallest absolute Gasteiger partial charge is 0.163 e. The van der Waals surface area contributed by atoms with Gasteiger partial charge in [0.2, 0.25) is 0 Å². The van der Waals surface area contributed by atoms with E-state index in [1.54, 1.807) is 13.2 Å². The molecule has 0 saturated heterocycles. The van der Waals surface area contributed by atoms with Crippen molar-refractivity contribution >= 4 is 5.78 Å². The monoisotopic (exact) mass is 268 g/mol. The fraction of sp³-hybridized carbons (Fsp3) is 0.278. The Morgan fingerprint density at radius 1 is 1.10 bits per heavy atom. The van der Waals surface area contributed by atoms with Crippen LogP contribution < -0.4 is 4.74 Å². The normalized spacial score (nSPS) is 10.3. The third kappa shape index (κ3) is 3.27. The first-order valence-electron chi connectivity index (χ1n) is 6.84. The van der Waals surface area contributed by atoms with Crippen LogP contribution in [-0.2, 0) is 6.42 Å². The van der Waals surface area contributed by atoms with Gasteiger partial charge in [0, 0.05) is 12.0 Å². The molecule has 0 N–H and O–H groups in total. The highest BCUT2D eigenvalue weighted by molar-refractivity contribution is 5.96. The fourth-order valence-corrected chi connectivity index (χ4v) is 2.27. The lowest BCUT2D eigenvalue weighted by molar-refractivity contribution is 0.0982. The van der Waals surface area contributed by atoms with Gasteiger partial charge < -0.3 is 4.74 Å². The SMILES string of the molecule is COc1cccc(C(=O)CCc2cccc(C)c2C)c1. The van der Waals surface area contributed by atoms with Crippen molar-refractivity contribution in [1.29, 1.82) is 0 Å². The second kappa shape index (κ2) is 6.38. The summed E-state index contributed by atoms with van der Waals surface area (Å²) in [5.74, 6) is 0.882. The Labute approximate surface area is 120 Å². The van der Waals surface area contributed by atoms with Crippen molar-refractivity contribution in [2.45, 2.75) is 26.7 Å². The Bertz CT molecular complexity index is 615. The van der Waals surface area contributed by atoms with Gasteiger partial charge in [0.15, 0.2) is 5.78 Å². The largest absolute Gasteiger partial charge is 0.497 e. The Balaban J connectivity index is 2.06. The number of Topliss-reactive ketones (excluding diaryl/α,β-unsaturated/α-hetero) is 1. The third-order valence-electron chi connectivity index (χ3n) is 3.73. The lowest BCUT2D eigenvalue weighted by atomic mass is 9.97. The zero-order valence-corrected chi connectivity index (χ0v) is 12.3. The summed E-state index contributed by atoms with van der Waals surface area (Å²) in [6, 6.07) is 13.6. The Hall–Kier alpha value is -2.09. The van der Waals surface area contributed by atoms with Crippen LogP contribution in [0.5, 0.6) is 5.75 Å². The fourth-order valence-electron chi connectivity index (χ4n) is 2.27. The molecule has 0 radical (unpaired) electrons. The van der Waals surface area contributed by atoms with E-state index >= 15 is 0 Å². The third-order valence-corrected chi connectivity index (χ3v) is 3.73. The van der Waals surface area contributed by atoms with Crippen LogP contribution in [0.25, 0.3) is 0 Å². The summed E-state index contributed by atoms with van der Waals surface area (Å²) in [7, 11) is 1.61. The van der Waals surface area contributed by atoms with E-state index in [2.05, 4.69) is 26.0 Å². The van der Waals surface area contributed by atoms with Gasteiger partial charge in [0.05, 0.1) is 7.11 Å². The zero-order chi connectivity index (χ0) is 14.5. The van der Waals surface area contributed by atoms with E-state index in [4.69, 9.17) is 4.74 Å². The molecule has 0 amide bonds. The number of hydrogen-bond acceptors (Lipinski definition) is 2. The molecule has 0 aliphatic carbocycles. The molecular formula is C18H20O2. The molecule has 0 atom stereocenters. The molecule has 0 heterocycles. The Kier molecular flexibility index (Phi) is 4.57. The number of hydrogen-bond donors (Lipinski definition) is 0. The van der Waals surface area contributed by atoms with Gasteiger partial charge in [-0.3, -0.25) is 4.79 Å². The summed E-state index contributed by atoms with van der Waals surface area (Å²) >= 11 is 0. The van der Waals surface area contributed by atoms with Gasteiger partial charge in [-0.25, -0.2) is 0 Å².